The zero-order valence-electron chi connectivity index (χ0n) is 9.24. The van der Waals surface area contributed by atoms with Crippen LogP contribution in [-0.4, -0.2) is 34.6 Å². The van der Waals surface area contributed by atoms with E-state index in [9.17, 15) is 14.7 Å². The first-order valence-electron chi connectivity index (χ1n) is 5.28. The minimum atomic E-state index is -1.46. The van der Waals surface area contributed by atoms with Crippen molar-refractivity contribution < 1.29 is 19.8 Å². The number of aliphatic hydroxyl groups excluding tert-OH is 1. The van der Waals surface area contributed by atoms with Crippen LogP contribution in [0.3, 0.4) is 0 Å². The van der Waals surface area contributed by atoms with Gasteiger partial charge in [-0.2, -0.15) is 0 Å². The lowest BCUT2D eigenvalue weighted by Crippen LogP contribution is -2.36. The van der Waals surface area contributed by atoms with Gasteiger partial charge in [0.2, 0.25) is 0 Å². The number of hydrogen-bond acceptors (Lipinski definition) is 4. The van der Waals surface area contributed by atoms with Gasteiger partial charge in [0.15, 0.2) is 5.78 Å². The Bertz CT molecular complexity index is 391. The standard InChI is InChI=1S/C12H15NO4/c13-7-6-9(14)10(12(16)17)11(15)8-4-2-1-3-5-8/h1-5,9-10,14H,6-7,13H2,(H,16,17)/t9-,10+/m1/s1. The molecule has 0 amide bonds. The lowest BCUT2D eigenvalue weighted by Gasteiger charge is -2.17. The van der Waals surface area contributed by atoms with Crippen molar-refractivity contribution in [3.05, 3.63) is 35.9 Å². The SMILES string of the molecule is NCC[C@@H](O)[C@H](C(=O)O)C(=O)c1ccccc1. The van der Waals surface area contributed by atoms with E-state index in [0.29, 0.717) is 0 Å². The maximum absolute atomic E-state index is 11.9. The van der Waals surface area contributed by atoms with E-state index in [2.05, 4.69) is 0 Å². The van der Waals surface area contributed by atoms with E-state index in [1.54, 1.807) is 18.2 Å². The van der Waals surface area contributed by atoms with Crippen molar-refractivity contribution in [3.63, 3.8) is 0 Å². The fourth-order valence-electron chi connectivity index (χ4n) is 1.57. The molecule has 0 heterocycles. The summed E-state index contributed by atoms with van der Waals surface area (Å²) >= 11 is 0. The lowest BCUT2D eigenvalue weighted by molar-refractivity contribution is -0.143. The number of benzene rings is 1. The predicted molar refractivity (Wildman–Crippen MR) is 61.6 cm³/mol. The Morgan fingerprint density at radius 1 is 1.24 bits per heavy atom. The summed E-state index contributed by atoms with van der Waals surface area (Å²) in [7, 11) is 0. The Balaban J connectivity index is 2.92. The van der Waals surface area contributed by atoms with E-state index in [1.165, 1.54) is 12.1 Å². The average Bonchev–Trinajstić information content (AvgIpc) is 2.30. The summed E-state index contributed by atoms with van der Waals surface area (Å²) in [6.45, 7) is 0.132. The van der Waals surface area contributed by atoms with E-state index in [-0.39, 0.29) is 18.5 Å². The number of ketones is 1. The number of carboxylic acids is 1. The van der Waals surface area contributed by atoms with Gasteiger partial charge in [-0.3, -0.25) is 9.59 Å². The summed E-state index contributed by atoms with van der Waals surface area (Å²) in [6, 6.07) is 8.05. The van der Waals surface area contributed by atoms with Crippen LogP contribution >= 0.6 is 0 Å². The molecule has 0 aliphatic heterocycles. The highest BCUT2D eigenvalue weighted by Crippen LogP contribution is 2.15. The molecule has 0 saturated carbocycles. The number of aliphatic carboxylic acids is 1. The fourth-order valence-corrected chi connectivity index (χ4v) is 1.57. The Hall–Kier alpha value is -1.72. The third-order valence-electron chi connectivity index (χ3n) is 2.45. The van der Waals surface area contributed by atoms with Gasteiger partial charge in [-0.15, -0.1) is 0 Å². The zero-order chi connectivity index (χ0) is 12.8. The zero-order valence-corrected chi connectivity index (χ0v) is 9.24. The lowest BCUT2D eigenvalue weighted by atomic mass is 9.91. The monoisotopic (exact) mass is 237 g/mol. The number of rotatable bonds is 6. The van der Waals surface area contributed by atoms with Gasteiger partial charge in [-0.05, 0) is 13.0 Å². The molecule has 0 bridgehead atoms. The van der Waals surface area contributed by atoms with Crippen LogP contribution in [0.4, 0.5) is 0 Å². The second-order valence-corrected chi connectivity index (χ2v) is 3.69. The third kappa shape index (κ3) is 3.37. The molecule has 4 N–H and O–H groups in total. The molecule has 1 aromatic carbocycles. The first-order chi connectivity index (χ1) is 8.07. The van der Waals surface area contributed by atoms with Crippen LogP contribution in [0.5, 0.6) is 0 Å². The summed E-state index contributed by atoms with van der Waals surface area (Å²) < 4.78 is 0. The highest BCUT2D eigenvalue weighted by molar-refractivity contribution is 6.08. The Morgan fingerprint density at radius 2 is 1.82 bits per heavy atom. The highest BCUT2D eigenvalue weighted by atomic mass is 16.4. The molecule has 17 heavy (non-hydrogen) atoms. The number of carboxylic acid groups (broad SMARTS) is 1. The van der Waals surface area contributed by atoms with Crippen LogP contribution in [0.2, 0.25) is 0 Å². The molecule has 0 spiro atoms. The second kappa shape index (κ2) is 6.12. The first-order valence-corrected chi connectivity index (χ1v) is 5.28. The molecule has 0 unspecified atom stereocenters. The minimum absolute atomic E-state index is 0.0789. The van der Waals surface area contributed by atoms with Crippen LogP contribution in [-0.2, 0) is 4.79 Å². The van der Waals surface area contributed by atoms with E-state index in [1.807, 2.05) is 0 Å². The first kappa shape index (κ1) is 13.3. The summed E-state index contributed by atoms with van der Waals surface area (Å²) in [5.41, 5.74) is 5.52. The molecular weight excluding hydrogens is 222 g/mol. The van der Waals surface area contributed by atoms with Gasteiger partial charge in [0.1, 0.15) is 5.92 Å². The fraction of sp³-hybridized carbons (Fsp3) is 0.333. The van der Waals surface area contributed by atoms with Crippen molar-refractivity contribution in [1.29, 1.82) is 0 Å². The second-order valence-electron chi connectivity index (χ2n) is 3.69. The predicted octanol–water partition coefficient (Wildman–Crippen LogP) is 0.280. The summed E-state index contributed by atoms with van der Waals surface area (Å²) in [5, 5.41) is 18.6. The van der Waals surface area contributed by atoms with Gasteiger partial charge in [0.05, 0.1) is 6.10 Å². The molecule has 92 valence electrons. The largest absolute Gasteiger partial charge is 0.481 e. The molecule has 0 radical (unpaired) electrons. The maximum Gasteiger partial charge on any atom is 0.317 e. The molecular formula is C12H15NO4. The smallest absolute Gasteiger partial charge is 0.317 e. The van der Waals surface area contributed by atoms with E-state index >= 15 is 0 Å². The third-order valence-corrected chi connectivity index (χ3v) is 2.45. The van der Waals surface area contributed by atoms with Gasteiger partial charge in [-0.1, -0.05) is 30.3 Å². The molecule has 2 atom stereocenters. The number of carbonyl (C=O) groups is 2. The van der Waals surface area contributed by atoms with Crippen LogP contribution in [0.1, 0.15) is 16.8 Å². The molecule has 0 saturated heterocycles. The maximum atomic E-state index is 11.9. The van der Waals surface area contributed by atoms with Gasteiger partial charge >= 0.3 is 5.97 Å². The number of hydrogen-bond donors (Lipinski definition) is 3. The van der Waals surface area contributed by atoms with Gasteiger partial charge < -0.3 is 15.9 Å². The Kier molecular flexibility index (Phi) is 4.81. The van der Waals surface area contributed by atoms with Crippen molar-refractivity contribution in [2.75, 3.05) is 6.54 Å². The van der Waals surface area contributed by atoms with Crippen LogP contribution < -0.4 is 5.73 Å². The van der Waals surface area contributed by atoms with Crippen molar-refractivity contribution in [2.24, 2.45) is 11.7 Å². The number of nitrogens with two attached hydrogens (primary N) is 1. The van der Waals surface area contributed by atoms with Crippen molar-refractivity contribution >= 4 is 11.8 Å². The topological polar surface area (TPSA) is 101 Å². The van der Waals surface area contributed by atoms with Crippen molar-refractivity contribution in [3.8, 4) is 0 Å². The molecule has 0 aliphatic rings. The van der Waals surface area contributed by atoms with Crippen molar-refractivity contribution in [1.82, 2.24) is 0 Å². The Labute approximate surface area is 98.9 Å². The van der Waals surface area contributed by atoms with E-state index in [4.69, 9.17) is 10.8 Å². The summed E-state index contributed by atoms with van der Waals surface area (Å²) in [6.07, 6.45) is -1.18. The molecule has 1 aromatic rings. The molecule has 0 aliphatic carbocycles. The molecule has 0 aromatic heterocycles. The van der Waals surface area contributed by atoms with Gasteiger partial charge in [0, 0.05) is 5.56 Å². The number of aliphatic hydroxyl groups is 1. The normalized spacial score (nSPS) is 14.0. The van der Waals surface area contributed by atoms with E-state index in [0.717, 1.165) is 0 Å². The molecule has 5 nitrogen and oxygen atoms in total. The van der Waals surface area contributed by atoms with Crippen LogP contribution in [0, 0.1) is 5.92 Å². The van der Waals surface area contributed by atoms with Gasteiger partial charge in [0.25, 0.3) is 0 Å². The highest BCUT2D eigenvalue weighted by Gasteiger charge is 2.33. The minimum Gasteiger partial charge on any atom is -0.481 e. The van der Waals surface area contributed by atoms with Gasteiger partial charge in [-0.25, -0.2) is 0 Å². The number of Topliss-reactive ketones (excluding diaryl/α,β-unsaturated/α-hetero) is 1. The molecule has 0 fully saturated rings. The Morgan fingerprint density at radius 3 is 2.29 bits per heavy atom. The van der Waals surface area contributed by atoms with Crippen LogP contribution in [0.15, 0.2) is 30.3 Å². The van der Waals surface area contributed by atoms with Crippen LogP contribution in [0.25, 0.3) is 0 Å². The molecule has 1 rings (SSSR count). The number of carbonyl (C=O) groups excluding carboxylic acids is 1. The molecule has 5 heteroatoms. The average molecular weight is 237 g/mol. The van der Waals surface area contributed by atoms with Crippen molar-refractivity contribution in [2.45, 2.75) is 12.5 Å². The van der Waals surface area contributed by atoms with E-state index < -0.39 is 23.8 Å². The summed E-state index contributed by atoms with van der Waals surface area (Å²) in [5.74, 6) is -3.39. The quantitative estimate of drug-likeness (QED) is 0.487. The summed E-state index contributed by atoms with van der Waals surface area (Å²) in [4.78, 5) is 22.9.